The maximum atomic E-state index is 12.6. The molecule has 6 nitrogen and oxygen atoms in total. The summed E-state index contributed by atoms with van der Waals surface area (Å²) in [5.74, 6) is 0.231. The molecule has 0 spiro atoms. The molecule has 6 heteroatoms. The molecule has 0 fully saturated rings. The smallest absolute Gasteiger partial charge is 0.307 e. The first kappa shape index (κ1) is 22.0. The van der Waals surface area contributed by atoms with Gasteiger partial charge in [0.1, 0.15) is 5.75 Å². The van der Waals surface area contributed by atoms with Crippen LogP contribution < -0.4 is 4.74 Å². The average molecular weight is 364 g/mol. The van der Waals surface area contributed by atoms with Gasteiger partial charge in [-0.15, -0.1) is 0 Å². The number of likely N-dealkylation sites (N-methyl/N-ethyl adjacent to an activating group) is 1. The summed E-state index contributed by atoms with van der Waals surface area (Å²) < 4.78 is 10.3. The summed E-state index contributed by atoms with van der Waals surface area (Å²) in [7, 11) is 1.35. The van der Waals surface area contributed by atoms with Gasteiger partial charge in [-0.1, -0.05) is 32.9 Å². The molecule has 0 heterocycles. The van der Waals surface area contributed by atoms with Crippen molar-refractivity contribution in [2.24, 2.45) is 0 Å². The highest BCUT2D eigenvalue weighted by Gasteiger charge is 2.17. The van der Waals surface area contributed by atoms with Crippen LogP contribution >= 0.6 is 0 Å². The van der Waals surface area contributed by atoms with Gasteiger partial charge >= 0.3 is 5.97 Å². The first-order chi connectivity index (χ1) is 12.5. The van der Waals surface area contributed by atoms with E-state index in [1.807, 2.05) is 24.3 Å². The first-order valence-corrected chi connectivity index (χ1v) is 9.32. The quantitative estimate of drug-likeness (QED) is 0.533. The molecular formula is C20H32N2O4. The largest absolute Gasteiger partial charge is 0.484 e. The van der Waals surface area contributed by atoms with E-state index in [0.717, 1.165) is 26.1 Å². The molecule has 0 aromatic heterocycles. The Morgan fingerprint density at radius 2 is 1.62 bits per heavy atom. The van der Waals surface area contributed by atoms with Gasteiger partial charge in [0.25, 0.3) is 5.91 Å². The highest BCUT2D eigenvalue weighted by Crippen LogP contribution is 2.12. The fourth-order valence-corrected chi connectivity index (χ4v) is 2.55. The number of amides is 1. The molecule has 0 aliphatic carbocycles. The number of hydrogen-bond acceptors (Lipinski definition) is 5. The van der Waals surface area contributed by atoms with Crippen molar-refractivity contribution in [2.45, 2.75) is 33.6 Å². The summed E-state index contributed by atoms with van der Waals surface area (Å²) in [5.41, 5.74) is 1.22. The van der Waals surface area contributed by atoms with Crippen LogP contribution in [0.4, 0.5) is 0 Å². The Kier molecular flexibility index (Phi) is 10.4. The molecule has 146 valence electrons. The zero-order valence-corrected chi connectivity index (χ0v) is 16.5. The molecule has 0 radical (unpaired) electrons. The van der Waals surface area contributed by atoms with Crippen molar-refractivity contribution in [3.8, 4) is 5.75 Å². The summed E-state index contributed by atoms with van der Waals surface area (Å²) in [6, 6.07) is 7.74. The second-order valence-electron chi connectivity index (χ2n) is 6.02. The van der Waals surface area contributed by atoms with E-state index in [2.05, 4.69) is 30.4 Å². The Labute approximate surface area is 157 Å². The minimum atomic E-state index is -0.318. The number of benzene rings is 1. The number of carbonyl (C=O) groups excluding carboxylic acids is 2. The SMILES string of the molecule is CCc1ccc(OCC(=O)N(CCC(=O)OC)CCN(CC)CC)cc1. The van der Waals surface area contributed by atoms with Gasteiger partial charge in [-0.05, 0) is 37.2 Å². The van der Waals surface area contributed by atoms with Gasteiger partial charge < -0.3 is 19.3 Å². The normalized spacial score (nSPS) is 10.7. The Bertz CT molecular complexity index is 541. The molecule has 1 aromatic rings. The number of ether oxygens (including phenoxy) is 2. The summed E-state index contributed by atoms with van der Waals surface area (Å²) >= 11 is 0. The summed E-state index contributed by atoms with van der Waals surface area (Å²) in [6.45, 7) is 9.76. The van der Waals surface area contributed by atoms with Crippen LogP contribution in [0, 0.1) is 0 Å². The molecule has 0 atom stereocenters. The van der Waals surface area contributed by atoms with E-state index < -0.39 is 0 Å². The molecule has 0 saturated heterocycles. The molecule has 0 saturated carbocycles. The molecule has 0 unspecified atom stereocenters. The van der Waals surface area contributed by atoms with E-state index in [1.165, 1.54) is 12.7 Å². The van der Waals surface area contributed by atoms with Crippen LogP contribution in [-0.2, 0) is 20.7 Å². The van der Waals surface area contributed by atoms with Crippen LogP contribution in [0.15, 0.2) is 24.3 Å². The highest BCUT2D eigenvalue weighted by atomic mass is 16.5. The lowest BCUT2D eigenvalue weighted by Gasteiger charge is -2.26. The number of aryl methyl sites for hydroxylation is 1. The molecule has 0 aliphatic rings. The molecule has 1 amide bonds. The van der Waals surface area contributed by atoms with E-state index in [1.54, 1.807) is 4.90 Å². The number of rotatable bonds is 12. The average Bonchev–Trinajstić information content (AvgIpc) is 2.69. The zero-order chi connectivity index (χ0) is 19.4. The summed E-state index contributed by atoms with van der Waals surface area (Å²) in [4.78, 5) is 27.9. The lowest BCUT2D eigenvalue weighted by atomic mass is 10.2. The van der Waals surface area contributed by atoms with Crippen molar-refractivity contribution < 1.29 is 19.1 Å². The van der Waals surface area contributed by atoms with Gasteiger partial charge in [-0.2, -0.15) is 0 Å². The second-order valence-corrected chi connectivity index (χ2v) is 6.02. The molecule has 1 rings (SSSR count). The van der Waals surface area contributed by atoms with Crippen molar-refractivity contribution in [1.29, 1.82) is 0 Å². The van der Waals surface area contributed by atoms with Crippen LogP contribution in [-0.4, -0.2) is 68.1 Å². The van der Waals surface area contributed by atoms with Crippen molar-refractivity contribution in [1.82, 2.24) is 9.80 Å². The topological polar surface area (TPSA) is 59.1 Å². The predicted octanol–water partition coefficient (Wildman–Crippen LogP) is 2.36. The van der Waals surface area contributed by atoms with Crippen LogP contribution in [0.1, 0.15) is 32.8 Å². The van der Waals surface area contributed by atoms with Gasteiger partial charge in [-0.3, -0.25) is 9.59 Å². The van der Waals surface area contributed by atoms with Crippen LogP contribution in [0.5, 0.6) is 5.75 Å². The minimum absolute atomic E-state index is 0.0368. The molecular weight excluding hydrogens is 332 g/mol. The van der Waals surface area contributed by atoms with Crippen molar-refractivity contribution in [2.75, 3.05) is 46.4 Å². The molecule has 0 aliphatic heterocycles. The predicted molar refractivity (Wildman–Crippen MR) is 102 cm³/mol. The maximum Gasteiger partial charge on any atom is 0.307 e. The Morgan fingerprint density at radius 3 is 2.15 bits per heavy atom. The van der Waals surface area contributed by atoms with Crippen LogP contribution in [0.2, 0.25) is 0 Å². The number of methoxy groups -OCH3 is 1. The maximum absolute atomic E-state index is 12.6. The fourth-order valence-electron chi connectivity index (χ4n) is 2.55. The number of carbonyl (C=O) groups is 2. The third kappa shape index (κ3) is 7.87. The van der Waals surface area contributed by atoms with Crippen molar-refractivity contribution in [3.05, 3.63) is 29.8 Å². The minimum Gasteiger partial charge on any atom is -0.484 e. The summed E-state index contributed by atoms with van der Waals surface area (Å²) in [6.07, 6.45) is 1.15. The fraction of sp³-hybridized carbons (Fsp3) is 0.600. The second kappa shape index (κ2) is 12.3. The van der Waals surface area contributed by atoms with Crippen LogP contribution in [0.3, 0.4) is 0 Å². The number of nitrogens with zero attached hydrogens (tertiary/aromatic N) is 2. The standard InChI is InChI=1S/C20H32N2O4/c1-5-17-8-10-18(11-9-17)26-16-19(23)22(13-12-20(24)25-4)15-14-21(6-2)7-3/h8-11H,5-7,12-16H2,1-4H3. The molecule has 1 aromatic carbocycles. The van der Waals surface area contributed by atoms with Gasteiger partial charge in [0.15, 0.2) is 6.61 Å². The van der Waals surface area contributed by atoms with E-state index >= 15 is 0 Å². The third-order valence-corrected chi connectivity index (χ3v) is 4.44. The van der Waals surface area contributed by atoms with Gasteiger partial charge in [0, 0.05) is 19.6 Å². The molecule has 26 heavy (non-hydrogen) atoms. The van der Waals surface area contributed by atoms with E-state index in [9.17, 15) is 9.59 Å². The summed E-state index contributed by atoms with van der Waals surface area (Å²) in [5, 5.41) is 0. The molecule has 0 N–H and O–H groups in total. The Hall–Kier alpha value is -2.08. The zero-order valence-electron chi connectivity index (χ0n) is 16.5. The number of esters is 1. The van der Waals surface area contributed by atoms with E-state index in [0.29, 0.717) is 18.8 Å². The van der Waals surface area contributed by atoms with E-state index in [4.69, 9.17) is 4.74 Å². The first-order valence-electron chi connectivity index (χ1n) is 9.32. The lowest BCUT2D eigenvalue weighted by Crippen LogP contribution is -2.42. The van der Waals surface area contributed by atoms with Gasteiger partial charge in [0.2, 0.25) is 0 Å². The van der Waals surface area contributed by atoms with Crippen molar-refractivity contribution in [3.63, 3.8) is 0 Å². The lowest BCUT2D eigenvalue weighted by molar-refractivity contribution is -0.142. The monoisotopic (exact) mass is 364 g/mol. The third-order valence-electron chi connectivity index (χ3n) is 4.44. The van der Waals surface area contributed by atoms with Gasteiger partial charge in [0.05, 0.1) is 13.5 Å². The highest BCUT2D eigenvalue weighted by molar-refractivity contribution is 5.78. The molecule has 0 bridgehead atoms. The van der Waals surface area contributed by atoms with Gasteiger partial charge in [-0.25, -0.2) is 0 Å². The Balaban J connectivity index is 2.60. The number of hydrogen-bond donors (Lipinski definition) is 0. The Morgan fingerprint density at radius 1 is 0.962 bits per heavy atom. The van der Waals surface area contributed by atoms with Crippen LogP contribution in [0.25, 0.3) is 0 Å². The van der Waals surface area contributed by atoms with Crippen molar-refractivity contribution >= 4 is 11.9 Å². The van der Waals surface area contributed by atoms with E-state index in [-0.39, 0.29) is 24.9 Å².